The second kappa shape index (κ2) is 13.4. The van der Waals surface area contributed by atoms with E-state index in [9.17, 15) is 14.7 Å². The molecular weight excluding hydrogens is 512 g/mol. The fourth-order valence-corrected chi connectivity index (χ4v) is 3.89. The van der Waals surface area contributed by atoms with Crippen LogP contribution in [0.4, 0.5) is 0 Å². The van der Waals surface area contributed by atoms with Gasteiger partial charge in [0.05, 0.1) is 12.2 Å². The molecule has 4 rings (SSSR count). The summed E-state index contributed by atoms with van der Waals surface area (Å²) in [7, 11) is 0. The van der Waals surface area contributed by atoms with Crippen LogP contribution in [0.5, 0.6) is 23.0 Å². The van der Waals surface area contributed by atoms with Crippen molar-refractivity contribution in [2.45, 2.75) is 13.3 Å². The highest BCUT2D eigenvalue weighted by atomic mass is 16.5. The highest BCUT2D eigenvalue weighted by Crippen LogP contribution is 2.26. The molecule has 0 bridgehead atoms. The first kappa shape index (κ1) is 28.4. The zero-order chi connectivity index (χ0) is 28.5. The van der Waals surface area contributed by atoms with Gasteiger partial charge in [-0.15, -0.1) is 0 Å². The number of phenolic OH excluding ortho intramolecular Hbond substituents is 1. The Bertz CT molecular complexity index is 1500. The molecule has 0 aromatic heterocycles. The molecular formula is C32H30O8. The van der Waals surface area contributed by atoms with Gasteiger partial charge in [-0.3, -0.25) is 0 Å². The Morgan fingerprint density at radius 2 is 1.52 bits per heavy atom. The molecule has 4 aromatic rings. The van der Waals surface area contributed by atoms with Crippen molar-refractivity contribution in [1.29, 1.82) is 0 Å². The molecule has 3 N–H and O–H groups in total. The maximum atomic E-state index is 12.5. The van der Waals surface area contributed by atoms with E-state index >= 15 is 0 Å². The summed E-state index contributed by atoms with van der Waals surface area (Å²) in [5.41, 5.74) is 1.73. The number of hydrogen-bond donors (Lipinski definition) is 3. The third-order valence-electron chi connectivity index (χ3n) is 6.23. The third-order valence-corrected chi connectivity index (χ3v) is 6.23. The minimum absolute atomic E-state index is 0.0534. The Labute approximate surface area is 231 Å². The van der Waals surface area contributed by atoms with Crippen molar-refractivity contribution in [2.24, 2.45) is 5.92 Å². The van der Waals surface area contributed by atoms with Gasteiger partial charge in [0.15, 0.2) is 0 Å². The van der Waals surface area contributed by atoms with E-state index in [1.165, 1.54) is 36.4 Å². The molecule has 0 radical (unpaired) electrons. The lowest BCUT2D eigenvalue weighted by Gasteiger charge is -2.12. The summed E-state index contributed by atoms with van der Waals surface area (Å²) < 4.78 is 16.6. The van der Waals surface area contributed by atoms with Crippen LogP contribution in [-0.4, -0.2) is 47.1 Å². The second-order valence-electron chi connectivity index (χ2n) is 9.25. The Hall–Kier alpha value is -4.66. The van der Waals surface area contributed by atoms with E-state index in [0.717, 1.165) is 16.3 Å². The molecule has 40 heavy (non-hydrogen) atoms. The number of aryl methyl sites for hydroxylation is 1. The molecule has 0 amide bonds. The van der Waals surface area contributed by atoms with E-state index in [4.69, 9.17) is 24.4 Å². The first-order chi connectivity index (χ1) is 19.3. The number of phenols is 1. The van der Waals surface area contributed by atoms with Crippen molar-refractivity contribution in [1.82, 2.24) is 0 Å². The monoisotopic (exact) mass is 542 g/mol. The summed E-state index contributed by atoms with van der Waals surface area (Å²) in [4.78, 5) is 24.7. The Morgan fingerprint density at radius 1 is 0.825 bits per heavy atom. The summed E-state index contributed by atoms with van der Waals surface area (Å²) in [5, 5.41) is 29.6. The number of esters is 2. The van der Waals surface area contributed by atoms with Crippen molar-refractivity contribution in [3.63, 3.8) is 0 Å². The van der Waals surface area contributed by atoms with E-state index in [0.29, 0.717) is 41.4 Å². The van der Waals surface area contributed by atoms with Crippen LogP contribution in [-0.2, 0) is 4.79 Å². The molecule has 0 aliphatic carbocycles. The van der Waals surface area contributed by atoms with Gasteiger partial charge < -0.3 is 29.5 Å². The minimum atomic E-state index is -0.569. The fourth-order valence-electron chi connectivity index (χ4n) is 3.89. The van der Waals surface area contributed by atoms with Crippen molar-refractivity contribution < 1.29 is 39.1 Å². The molecule has 0 fully saturated rings. The molecule has 0 aliphatic heterocycles. The fraction of sp³-hybridized carbons (Fsp3) is 0.188. The predicted molar refractivity (Wildman–Crippen MR) is 151 cm³/mol. The topological polar surface area (TPSA) is 123 Å². The average molecular weight is 543 g/mol. The van der Waals surface area contributed by atoms with Crippen molar-refractivity contribution in [3.05, 3.63) is 102 Å². The van der Waals surface area contributed by atoms with Crippen LogP contribution in [0.3, 0.4) is 0 Å². The highest BCUT2D eigenvalue weighted by molar-refractivity contribution is 5.92. The van der Waals surface area contributed by atoms with Gasteiger partial charge in [-0.2, -0.15) is 0 Å². The number of benzene rings is 4. The summed E-state index contributed by atoms with van der Waals surface area (Å²) in [5.74, 6) is 0.0880. The third kappa shape index (κ3) is 7.69. The van der Waals surface area contributed by atoms with E-state index in [-0.39, 0.29) is 24.9 Å². The number of hydrogen-bond acceptors (Lipinski definition) is 8. The second-order valence-corrected chi connectivity index (χ2v) is 9.25. The number of aromatic hydroxyl groups is 1. The standard InChI is InChI=1S/C32H30O8/c1-21-16-29(39-32(37)24-5-8-27(35)9-6-24)11-12-30(21)40-31(36)13-3-22-2-4-26-18-28(10-7-25(26)17-22)38-15-14-23(19-33)20-34/h2-13,16-18,23,33-35H,14-15,19-20H2,1H3/b13-3+. The van der Waals surface area contributed by atoms with Crippen molar-refractivity contribution in [2.75, 3.05) is 19.8 Å². The molecule has 8 heteroatoms. The summed E-state index contributed by atoms with van der Waals surface area (Å²) >= 11 is 0. The lowest BCUT2D eigenvalue weighted by Crippen LogP contribution is -2.14. The number of ether oxygens (including phenoxy) is 3. The molecule has 0 saturated carbocycles. The van der Waals surface area contributed by atoms with Gasteiger partial charge in [-0.05, 0) is 102 Å². The smallest absolute Gasteiger partial charge is 0.343 e. The van der Waals surface area contributed by atoms with E-state index in [1.807, 2.05) is 36.4 Å². The van der Waals surface area contributed by atoms with Gasteiger partial charge in [-0.1, -0.05) is 18.2 Å². The number of aliphatic hydroxyl groups is 2. The van der Waals surface area contributed by atoms with Gasteiger partial charge >= 0.3 is 11.9 Å². The van der Waals surface area contributed by atoms with Crippen molar-refractivity contribution in [3.8, 4) is 23.0 Å². The normalized spacial score (nSPS) is 11.2. The quantitative estimate of drug-likeness (QED) is 0.137. The molecule has 0 saturated heterocycles. The first-order valence-corrected chi connectivity index (χ1v) is 12.7. The molecule has 8 nitrogen and oxygen atoms in total. The Morgan fingerprint density at radius 3 is 2.25 bits per heavy atom. The summed E-state index contributed by atoms with van der Waals surface area (Å²) in [6.45, 7) is 1.98. The maximum absolute atomic E-state index is 12.5. The van der Waals surface area contributed by atoms with Crippen LogP contribution in [0.1, 0.15) is 27.9 Å². The number of rotatable bonds is 11. The molecule has 206 valence electrons. The van der Waals surface area contributed by atoms with E-state index in [2.05, 4.69) is 0 Å². The van der Waals surface area contributed by atoms with Crippen LogP contribution >= 0.6 is 0 Å². The first-order valence-electron chi connectivity index (χ1n) is 12.7. The zero-order valence-electron chi connectivity index (χ0n) is 21.9. The molecule has 0 heterocycles. The molecule has 0 atom stereocenters. The molecule has 4 aromatic carbocycles. The van der Waals surface area contributed by atoms with Crippen LogP contribution in [0, 0.1) is 12.8 Å². The maximum Gasteiger partial charge on any atom is 0.343 e. The largest absolute Gasteiger partial charge is 0.508 e. The van der Waals surface area contributed by atoms with Gasteiger partial charge in [0.2, 0.25) is 0 Å². The van der Waals surface area contributed by atoms with E-state index in [1.54, 1.807) is 25.1 Å². The Kier molecular flexibility index (Phi) is 9.51. The van der Waals surface area contributed by atoms with Crippen LogP contribution < -0.4 is 14.2 Å². The Balaban J connectivity index is 1.33. The average Bonchev–Trinajstić information content (AvgIpc) is 2.96. The number of fused-ring (bicyclic) bond motifs is 1. The van der Waals surface area contributed by atoms with Gasteiger partial charge in [0, 0.05) is 25.2 Å². The van der Waals surface area contributed by atoms with Crippen LogP contribution in [0.15, 0.2) is 84.9 Å². The summed E-state index contributed by atoms with van der Waals surface area (Å²) in [6, 6.07) is 21.9. The lowest BCUT2D eigenvalue weighted by atomic mass is 10.1. The SMILES string of the molecule is Cc1cc(OC(=O)c2ccc(O)cc2)ccc1OC(=O)/C=C/c1ccc2cc(OCCC(CO)CO)ccc2c1. The van der Waals surface area contributed by atoms with E-state index < -0.39 is 11.9 Å². The number of aliphatic hydroxyl groups excluding tert-OH is 2. The highest BCUT2D eigenvalue weighted by Gasteiger charge is 2.11. The minimum Gasteiger partial charge on any atom is -0.508 e. The van der Waals surface area contributed by atoms with Crippen molar-refractivity contribution >= 4 is 28.8 Å². The summed E-state index contributed by atoms with van der Waals surface area (Å²) in [6.07, 6.45) is 3.57. The number of carbonyl (C=O) groups is 2. The number of carbonyl (C=O) groups excluding carboxylic acids is 2. The lowest BCUT2D eigenvalue weighted by molar-refractivity contribution is -0.128. The van der Waals surface area contributed by atoms with Crippen LogP contribution in [0.25, 0.3) is 16.8 Å². The predicted octanol–water partition coefficient (Wildman–Crippen LogP) is 5.06. The molecule has 0 unspecified atom stereocenters. The van der Waals surface area contributed by atoms with Gasteiger partial charge in [-0.25, -0.2) is 9.59 Å². The zero-order valence-corrected chi connectivity index (χ0v) is 21.9. The molecule has 0 spiro atoms. The van der Waals surface area contributed by atoms with Gasteiger partial charge in [0.25, 0.3) is 0 Å². The van der Waals surface area contributed by atoms with Gasteiger partial charge in [0.1, 0.15) is 23.0 Å². The molecule has 0 aliphatic rings. The van der Waals surface area contributed by atoms with Crippen LogP contribution in [0.2, 0.25) is 0 Å².